The number of nitrogen functional groups attached to an aromatic ring is 1. The lowest BCUT2D eigenvalue weighted by atomic mass is 9.71. The van der Waals surface area contributed by atoms with Crippen LogP contribution in [0.2, 0.25) is 0 Å². The monoisotopic (exact) mass is 556 g/mol. The normalized spacial score (nSPS) is 18.6. The van der Waals surface area contributed by atoms with Crippen LogP contribution in [0.4, 0.5) is 15.8 Å². The second-order valence-corrected chi connectivity index (χ2v) is 12.2. The largest absolute Gasteiger partial charge is 0.398 e. The van der Waals surface area contributed by atoms with Crippen LogP contribution in [0.5, 0.6) is 0 Å². The summed E-state index contributed by atoms with van der Waals surface area (Å²) in [6.07, 6.45) is 3.93. The number of para-hydroxylation sites is 1. The summed E-state index contributed by atoms with van der Waals surface area (Å²) >= 11 is 0. The van der Waals surface area contributed by atoms with Crippen molar-refractivity contribution in [2.24, 2.45) is 0 Å². The molecule has 3 nitrogen and oxygen atoms in total. The maximum Gasteiger partial charge on any atom is 0.137 e. The van der Waals surface area contributed by atoms with Gasteiger partial charge in [0.15, 0.2) is 0 Å². The highest BCUT2D eigenvalue weighted by molar-refractivity contribution is 6.14. The summed E-state index contributed by atoms with van der Waals surface area (Å²) in [5, 5.41) is 7.89. The standard InChI is InChI=1S/C26H22FNO.C12H15N/c1-15(29)18-10-11-19(16-6-8-17(27)9-7-16)26-23(18)13-12-21-20-4-2-3-5-22(20)25(28)14-24(21)26;1-9-8-12(2,3)13-11-7-5-4-6-10(9)11/h2-9,12-14,18-19H,10-11,28H2,1H3;4-8,13H,1-3H3. The van der Waals surface area contributed by atoms with Gasteiger partial charge in [0, 0.05) is 34.2 Å². The van der Waals surface area contributed by atoms with Crippen LogP contribution in [0.3, 0.4) is 0 Å². The first-order chi connectivity index (χ1) is 20.1. The van der Waals surface area contributed by atoms with Crippen LogP contribution in [0.25, 0.3) is 27.1 Å². The van der Waals surface area contributed by atoms with Crippen LogP contribution in [0, 0.1) is 5.82 Å². The molecule has 2 aliphatic rings. The van der Waals surface area contributed by atoms with Gasteiger partial charge in [-0.2, -0.15) is 0 Å². The number of Topliss-reactive ketones (excluding diaryl/α,β-unsaturated/α-hetero) is 1. The maximum absolute atomic E-state index is 13.5. The molecule has 5 aromatic rings. The number of benzene rings is 5. The first-order valence-corrected chi connectivity index (χ1v) is 14.7. The van der Waals surface area contributed by atoms with Crippen molar-refractivity contribution in [3.8, 4) is 0 Å². The molecule has 0 saturated heterocycles. The molecule has 1 heterocycles. The van der Waals surface area contributed by atoms with E-state index in [-0.39, 0.29) is 29.0 Å². The summed E-state index contributed by atoms with van der Waals surface area (Å²) in [6, 6.07) is 29.6. The number of carbonyl (C=O) groups is 1. The van der Waals surface area contributed by atoms with Crippen LogP contribution in [0.1, 0.15) is 74.6 Å². The number of rotatable bonds is 2. The quantitative estimate of drug-likeness (QED) is 0.168. The molecular formula is C38H37FN2O. The Morgan fingerprint density at radius 2 is 1.52 bits per heavy atom. The number of ketones is 1. The summed E-state index contributed by atoms with van der Waals surface area (Å²) in [7, 11) is 0. The number of nitrogens with two attached hydrogens (primary N) is 1. The van der Waals surface area contributed by atoms with E-state index in [1.807, 2.05) is 30.3 Å². The number of hydrogen-bond donors (Lipinski definition) is 2. The number of carbonyl (C=O) groups excluding carboxylic acids is 1. The molecule has 4 heteroatoms. The van der Waals surface area contributed by atoms with Gasteiger partial charge in [-0.05, 0) is 103 Å². The summed E-state index contributed by atoms with van der Waals surface area (Å²) in [5.41, 5.74) is 14.5. The van der Waals surface area contributed by atoms with Crippen molar-refractivity contribution in [3.05, 3.63) is 125 Å². The minimum Gasteiger partial charge on any atom is -0.398 e. The minimum absolute atomic E-state index is 0.0818. The van der Waals surface area contributed by atoms with Crippen molar-refractivity contribution in [1.82, 2.24) is 0 Å². The molecule has 0 aromatic heterocycles. The van der Waals surface area contributed by atoms with E-state index in [1.165, 1.54) is 29.0 Å². The Bertz CT molecular complexity index is 1850. The average molecular weight is 557 g/mol. The molecule has 0 spiro atoms. The topological polar surface area (TPSA) is 55.1 Å². The van der Waals surface area contributed by atoms with Gasteiger partial charge in [-0.1, -0.05) is 72.8 Å². The summed E-state index contributed by atoms with van der Waals surface area (Å²) in [4.78, 5) is 12.4. The Hall–Kier alpha value is -4.44. The molecule has 5 aromatic carbocycles. The number of allylic oxidation sites excluding steroid dienone is 1. The van der Waals surface area contributed by atoms with E-state index >= 15 is 0 Å². The Morgan fingerprint density at radius 1 is 0.857 bits per heavy atom. The molecule has 1 aliphatic carbocycles. The predicted octanol–water partition coefficient (Wildman–Crippen LogP) is 9.61. The van der Waals surface area contributed by atoms with Gasteiger partial charge in [0.2, 0.25) is 0 Å². The van der Waals surface area contributed by atoms with Gasteiger partial charge in [-0.25, -0.2) is 4.39 Å². The average Bonchev–Trinajstić information content (AvgIpc) is 2.97. The van der Waals surface area contributed by atoms with Gasteiger partial charge < -0.3 is 11.1 Å². The fourth-order valence-corrected chi connectivity index (χ4v) is 6.96. The Morgan fingerprint density at radius 3 is 2.26 bits per heavy atom. The van der Waals surface area contributed by atoms with E-state index in [0.717, 1.165) is 56.8 Å². The molecular weight excluding hydrogens is 519 g/mol. The molecule has 1 aliphatic heterocycles. The highest BCUT2D eigenvalue weighted by atomic mass is 19.1. The molecule has 0 saturated carbocycles. The molecule has 2 unspecified atom stereocenters. The fraction of sp³-hybridized carbons (Fsp3) is 0.237. The number of fused-ring (bicyclic) bond motifs is 6. The molecule has 42 heavy (non-hydrogen) atoms. The first kappa shape index (κ1) is 27.7. The SMILES string of the molecule is CC(=O)C1CCC(c2ccc(F)cc2)c2c1ccc1c2cc(N)c2ccccc21.CC1=CC(C)(C)Nc2ccccc21. The minimum atomic E-state index is -0.237. The highest BCUT2D eigenvalue weighted by Crippen LogP contribution is 2.47. The van der Waals surface area contributed by atoms with Crippen molar-refractivity contribution in [2.45, 2.75) is 57.9 Å². The van der Waals surface area contributed by atoms with Crippen LogP contribution >= 0.6 is 0 Å². The van der Waals surface area contributed by atoms with Gasteiger partial charge in [0.1, 0.15) is 11.6 Å². The van der Waals surface area contributed by atoms with Crippen molar-refractivity contribution in [2.75, 3.05) is 11.1 Å². The van der Waals surface area contributed by atoms with E-state index in [0.29, 0.717) is 0 Å². The Kier molecular flexibility index (Phi) is 7.10. The molecule has 3 N–H and O–H groups in total. The molecule has 7 rings (SSSR count). The predicted molar refractivity (Wildman–Crippen MR) is 175 cm³/mol. The van der Waals surface area contributed by atoms with E-state index in [1.54, 1.807) is 6.92 Å². The van der Waals surface area contributed by atoms with Gasteiger partial charge in [0.05, 0.1) is 5.54 Å². The highest BCUT2D eigenvalue weighted by Gasteiger charge is 2.32. The molecule has 212 valence electrons. The van der Waals surface area contributed by atoms with E-state index in [4.69, 9.17) is 5.73 Å². The van der Waals surface area contributed by atoms with Gasteiger partial charge in [-0.15, -0.1) is 0 Å². The van der Waals surface area contributed by atoms with E-state index < -0.39 is 0 Å². The second kappa shape index (κ2) is 10.8. The van der Waals surface area contributed by atoms with Crippen LogP contribution in [0.15, 0.2) is 97.1 Å². The number of hydrogen-bond acceptors (Lipinski definition) is 3. The van der Waals surface area contributed by atoms with Crippen LogP contribution in [-0.4, -0.2) is 11.3 Å². The van der Waals surface area contributed by atoms with Crippen molar-refractivity contribution in [1.29, 1.82) is 0 Å². The molecule has 0 fully saturated rings. The van der Waals surface area contributed by atoms with Gasteiger partial charge in [0.25, 0.3) is 0 Å². The molecule has 0 amide bonds. The Balaban J connectivity index is 0.000000203. The lowest BCUT2D eigenvalue weighted by Gasteiger charge is -2.32. The Labute approximate surface area is 247 Å². The van der Waals surface area contributed by atoms with Gasteiger partial charge in [-0.3, -0.25) is 4.79 Å². The zero-order chi connectivity index (χ0) is 29.6. The third-order valence-electron chi connectivity index (χ3n) is 8.77. The fourth-order valence-electron chi connectivity index (χ4n) is 6.96. The third kappa shape index (κ3) is 5.07. The molecule has 2 atom stereocenters. The van der Waals surface area contributed by atoms with Crippen molar-refractivity contribution < 1.29 is 9.18 Å². The van der Waals surface area contributed by atoms with E-state index in [2.05, 4.69) is 80.7 Å². The maximum atomic E-state index is 13.5. The zero-order valence-corrected chi connectivity index (χ0v) is 24.7. The summed E-state index contributed by atoms with van der Waals surface area (Å²) < 4.78 is 13.5. The lowest BCUT2D eigenvalue weighted by molar-refractivity contribution is -0.118. The molecule has 0 bridgehead atoms. The van der Waals surface area contributed by atoms with Gasteiger partial charge >= 0.3 is 0 Å². The lowest BCUT2D eigenvalue weighted by Crippen LogP contribution is -2.31. The van der Waals surface area contributed by atoms with E-state index in [9.17, 15) is 9.18 Å². The zero-order valence-electron chi connectivity index (χ0n) is 24.7. The van der Waals surface area contributed by atoms with Crippen molar-refractivity contribution in [3.63, 3.8) is 0 Å². The second-order valence-electron chi connectivity index (χ2n) is 12.2. The number of nitrogens with one attached hydrogen (secondary N) is 1. The number of halogens is 1. The third-order valence-corrected chi connectivity index (χ3v) is 8.77. The first-order valence-electron chi connectivity index (χ1n) is 14.7. The van der Waals surface area contributed by atoms with Crippen LogP contribution < -0.4 is 11.1 Å². The van der Waals surface area contributed by atoms with Crippen LogP contribution in [-0.2, 0) is 4.79 Å². The number of anilines is 2. The van der Waals surface area contributed by atoms with Crippen molar-refractivity contribution >= 4 is 44.3 Å². The smallest absolute Gasteiger partial charge is 0.137 e. The summed E-state index contributed by atoms with van der Waals surface area (Å²) in [5.74, 6) is -0.0271. The summed E-state index contributed by atoms with van der Waals surface area (Å²) in [6.45, 7) is 8.21. The molecule has 0 radical (unpaired) electrons.